The van der Waals surface area contributed by atoms with Gasteiger partial charge in [0.2, 0.25) is 0 Å². The molecule has 0 aromatic carbocycles. The number of carboxylic acid groups (broad SMARTS) is 1. The van der Waals surface area contributed by atoms with Gasteiger partial charge in [0.1, 0.15) is 0 Å². The molecule has 2 unspecified atom stereocenters. The summed E-state index contributed by atoms with van der Waals surface area (Å²) in [6.45, 7) is 5.61. The second-order valence-electron chi connectivity index (χ2n) is 5.91. The molecule has 3 nitrogen and oxygen atoms in total. The van der Waals surface area contributed by atoms with Crippen molar-refractivity contribution in [2.24, 2.45) is 11.3 Å². The quantitative estimate of drug-likeness (QED) is 0.760. The van der Waals surface area contributed by atoms with E-state index in [1.807, 2.05) is 0 Å². The summed E-state index contributed by atoms with van der Waals surface area (Å²) in [6.07, 6.45) is 4.82. The molecule has 1 aliphatic rings. The van der Waals surface area contributed by atoms with Crippen LogP contribution in [0.1, 0.15) is 59.3 Å². The Bertz CT molecular complexity index is 254. The first-order chi connectivity index (χ1) is 7.29. The summed E-state index contributed by atoms with van der Waals surface area (Å²) in [5.74, 6) is -0.120. The highest BCUT2D eigenvalue weighted by atomic mass is 16.4. The Morgan fingerprint density at radius 3 is 2.50 bits per heavy atom. The van der Waals surface area contributed by atoms with Crippen molar-refractivity contribution in [3.8, 4) is 0 Å². The molecule has 2 atom stereocenters. The van der Waals surface area contributed by atoms with Gasteiger partial charge in [0.05, 0.1) is 11.0 Å². The van der Waals surface area contributed by atoms with Crippen molar-refractivity contribution in [1.82, 2.24) is 0 Å². The lowest BCUT2D eigenvalue weighted by Gasteiger charge is -2.28. The van der Waals surface area contributed by atoms with Gasteiger partial charge in [-0.3, -0.25) is 4.79 Å². The van der Waals surface area contributed by atoms with E-state index in [1.54, 1.807) is 13.8 Å². The molecule has 2 N–H and O–H groups in total. The molecule has 94 valence electrons. The lowest BCUT2D eigenvalue weighted by atomic mass is 9.78. The molecule has 1 saturated carbocycles. The van der Waals surface area contributed by atoms with Gasteiger partial charge in [-0.05, 0) is 51.9 Å². The molecule has 0 heterocycles. The monoisotopic (exact) mass is 228 g/mol. The van der Waals surface area contributed by atoms with Crippen molar-refractivity contribution in [1.29, 1.82) is 0 Å². The lowest BCUT2D eigenvalue weighted by molar-refractivity contribution is -0.149. The summed E-state index contributed by atoms with van der Waals surface area (Å²) in [5.41, 5.74) is -1.33. The maximum absolute atomic E-state index is 11.4. The first-order valence-corrected chi connectivity index (χ1v) is 6.25. The Morgan fingerprint density at radius 2 is 2.12 bits per heavy atom. The van der Waals surface area contributed by atoms with E-state index in [-0.39, 0.29) is 0 Å². The number of carbonyl (C=O) groups is 1. The van der Waals surface area contributed by atoms with Crippen LogP contribution in [-0.4, -0.2) is 21.8 Å². The Balaban J connectivity index is 2.65. The van der Waals surface area contributed by atoms with Crippen LogP contribution >= 0.6 is 0 Å². The molecular formula is C13H24O3. The number of aliphatic hydroxyl groups is 1. The zero-order valence-electron chi connectivity index (χ0n) is 10.6. The maximum atomic E-state index is 11.4. The minimum atomic E-state index is -0.757. The Hall–Kier alpha value is -0.570. The van der Waals surface area contributed by atoms with Gasteiger partial charge < -0.3 is 10.2 Å². The van der Waals surface area contributed by atoms with Gasteiger partial charge in [-0.2, -0.15) is 0 Å². The van der Waals surface area contributed by atoms with Crippen LogP contribution in [0, 0.1) is 11.3 Å². The zero-order valence-corrected chi connectivity index (χ0v) is 10.6. The molecule has 3 heteroatoms. The van der Waals surface area contributed by atoms with E-state index in [4.69, 9.17) is 0 Å². The van der Waals surface area contributed by atoms with Crippen LogP contribution in [0.2, 0.25) is 0 Å². The summed E-state index contributed by atoms with van der Waals surface area (Å²) >= 11 is 0. The van der Waals surface area contributed by atoms with Crippen molar-refractivity contribution in [2.75, 3.05) is 0 Å². The molecule has 0 spiro atoms. The largest absolute Gasteiger partial charge is 0.481 e. The number of hydrogen-bond acceptors (Lipinski definition) is 2. The van der Waals surface area contributed by atoms with E-state index in [0.717, 1.165) is 25.7 Å². The van der Waals surface area contributed by atoms with Crippen LogP contribution in [0.25, 0.3) is 0 Å². The number of rotatable bonds is 5. The topological polar surface area (TPSA) is 57.5 Å². The van der Waals surface area contributed by atoms with E-state index < -0.39 is 17.0 Å². The van der Waals surface area contributed by atoms with Crippen LogP contribution in [0.5, 0.6) is 0 Å². The third-order valence-electron chi connectivity index (χ3n) is 3.96. The van der Waals surface area contributed by atoms with Crippen LogP contribution in [-0.2, 0) is 4.79 Å². The molecule has 1 aliphatic carbocycles. The third-order valence-corrected chi connectivity index (χ3v) is 3.96. The van der Waals surface area contributed by atoms with Crippen molar-refractivity contribution in [2.45, 2.75) is 64.9 Å². The number of carboxylic acids is 1. The van der Waals surface area contributed by atoms with Crippen molar-refractivity contribution in [3.63, 3.8) is 0 Å². The Kier molecular flexibility index (Phi) is 4.00. The van der Waals surface area contributed by atoms with Crippen molar-refractivity contribution in [3.05, 3.63) is 0 Å². The Morgan fingerprint density at radius 1 is 1.50 bits per heavy atom. The van der Waals surface area contributed by atoms with Crippen LogP contribution < -0.4 is 0 Å². The molecule has 1 rings (SSSR count). The fourth-order valence-corrected chi connectivity index (χ4v) is 2.66. The van der Waals surface area contributed by atoms with E-state index in [2.05, 4.69) is 6.92 Å². The molecule has 1 fully saturated rings. The number of aliphatic carboxylic acids is 1. The van der Waals surface area contributed by atoms with E-state index in [1.165, 1.54) is 0 Å². The normalized spacial score (nSPS) is 30.6. The summed E-state index contributed by atoms with van der Waals surface area (Å²) in [6, 6.07) is 0. The van der Waals surface area contributed by atoms with E-state index in [0.29, 0.717) is 18.8 Å². The number of hydrogen-bond donors (Lipinski definition) is 2. The highest BCUT2D eigenvalue weighted by Gasteiger charge is 2.45. The predicted molar refractivity (Wildman–Crippen MR) is 63.2 cm³/mol. The molecule has 0 aromatic rings. The average Bonchev–Trinajstić information content (AvgIpc) is 2.58. The van der Waals surface area contributed by atoms with Gasteiger partial charge in [-0.15, -0.1) is 0 Å². The van der Waals surface area contributed by atoms with Crippen LogP contribution in [0.3, 0.4) is 0 Å². The first kappa shape index (κ1) is 13.5. The van der Waals surface area contributed by atoms with Crippen LogP contribution in [0.15, 0.2) is 0 Å². The fraction of sp³-hybridized carbons (Fsp3) is 0.923. The molecule has 0 amide bonds. The first-order valence-electron chi connectivity index (χ1n) is 6.25. The average molecular weight is 228 g/mol. The SMILES string of the molecule is CCC1CCC(CCC(C)(C)O)(C(=O)O)C1. The van der Waals surface area contributed by atoms with Crippen molar-refractivity contribution < 1.29 is 15.0 Å². The predicted octanol–water partition coefficient (Wildman–Crippen LogP) is 2.82. The van der Waals surface area contributed by atoms with Gasteiger partial charge in [-0.1, -0.05) is 13.3 Å². The highest BCUT2D eigenvalue weighted by Crippen LogP contribution is 2.47. The minimum absolute atomic E-state index is 0.554. The summed E-state index contributed by atoms with van der Waals surface area (Å²) in [7, 11) is 0. The molecule has 0 aromatic heterocycles. The maximum Gasteiger partial charge on any atom is 0.309 e. The molecule has 0 bridgehead atoms. The van der Waals surface area contributed by atoms with Gasteiger partial charge in [-0.25, -0.2) is 0 Å². The van der Waals surface area contributed by atoms with Gasteiger partial charge in [0, 0.05) is 0 Å². The third kappa shape index (κ3) is 3.21. The summed E-state index contributed by atoms with van der Waals surface area (Å²) in [4.78, 5) is 11.4. The van der Waals surface area contributed by atoms with Gasteiger partial charge in [0.15, 0.2) is 0 Å². The zero-order chi connectivity index (χ0) is 12.4. The van der Waals surface area contributed by atoms with Gasteiger partial charge >= 0.3 is 5.97 Å². The second-order valence-corrected chi connectivity index (χ2v) is 5.91. The molecule has 0 aliphatic heterocycles. The second kappa shape index (κ2) is 4.74. The van der Waals surface area contributed by atoms with Crippen LogP contribution in [0.4, 0.5) is 0 Å². The summed E-state index contributed by atoms with van der Waals surface area (Å²) < 4.78 is 0. The fourth-order valence-electron chi connectivity index (χ4n) is 2.66. The molecule has 0 saturated heterocycles. The van der Waals surface area contributed by atoms with Crippen molar-refractivity contribution >= 4 is 5.97 Å². The molecular weight excluding hydrogens is 204 g/mol. The van der Waals surface area contributed by atoms with E-state index in [9.17, 15) is 15.0 Å². The summed E-state index contributed by atoms with van der Waals surface area (Å²) in [5, 5.41) is 19.1. The Labute approximate surface area is 97.9 Å². The lowest BCUT2D eigenvalue weighted by Crippen LogP contribution is -2.31. The highest BCUT2D eigenvalue weighted by molar-refractivity contribution is 5.75. The van der Waals surface area contributed by atoms with Gasteiger partial charge in [0.25, 0.3) is 0 Å². The van der Waals surface area contributed by atoms with E-state index >= 15 is 0 Å². The standard InChI is InChI=1S/C13H24O3/c1-4-10-5-6-13(9-10,11(14)15)8-7-12(2,3)16/h10,16H,4-9H2,1-3H3,(H,14,15). The minimum Gasteiger partial charge on any atom is -0.481 e. The molecule has 16 heavy (non-hydrogen) atoms. The molecule has 0 radical (unpaired) electrons. The smallest absolute Gasteiger partial charge is 0.309 e.